The predicted molar refractivity (Wildman–Crippen MR) is 78.9 cm³/mol. The van der Waals surface area contributed by atoms with Gasteiger partial charge in [0, 0.05) is 18.6 Å². The highest BCUT2D eigenvalue weighted by Gasteiger charge is 2.25. The Morgan fingerprint density at radius 1 is 0.944 bits per heavy atom. The Balaban J connectivity index is 1.91. The monoisotopic (exact) mass is 252 g/mol. The summed E-state index contributed by atoms with van der Waals surface area (Å²) >= 11 is 0. The average Bonchev–Trinajstić information content (AvgIpc) is 2.54. The van der Waals surface area contributed by atoms with E-state index < -0.39 is 0 Å². The number of nitrogens with one attached hydrogen (secondary N) is 1. The van der Waals surface area contributed by atoms with Gasteiger partial charge in [0.05, 0.1) is 0 Å². The maximum absolute atomic E-state index is 3.74. The van der Waals surface area contributed by atoms with E-state index in [0.717, 1.165) is 12.0 Å². The lowest BCUT2D eigenvalue weighted by Gasteiger charge is -2.34. The summed E-state index contributed by atoms with van der Waals surface area (Å²) in [5.41, 5.74) is 0. The van der Waals surface area contributed by atoms with Crippen molar-refractivity contribution in [1.82, 2.24) is 10.2 Å². The van der Waals surface area contributed by atoms with Gasteiger partial charge in [0.1, 0.15) is 0 Å². The normalized spacial score (nSPS) is 29.8. The van der Waals surface area contributed by atoms with Gasteiger partial charge >= 0.3 is 0 Å². The van der Waals surface area contributed by atoms with Crippen molar-refractivity contribution in [2.45, 2.75) is 77.3 Å². The third-order valence-electron chi connectivity index (χ3n) is 4.86. The fraction of sp³-hybridized carbons (Fsp3) is 1.00. The van der Waals surface area contributed by atoms with Crippen LogP contribution in [0.25, 0.3) is 0 Å². The van der Waals surface area contributed by atoms with E-state index in [1.165, 1.54) is 71.0 Å². The third-order valence-corrected chi connectivity index (χ3v) is 4.86. The number of hydrogen-bond donors (Lipinski definition) is 1. The van der Waals surface area contributed by atoms with Gasteiger partial charge in [-0.2, -0.15) is 0 Å². The average molecular weight is 252 g/mol. The lowest BCUT2D eigenvalue weighted by Crippen LogP contribution is -2.45. The molecule has 2 rings (SSSR count). The van der Waals surface area contributed by atoms with Crippen molar-refractivity contribution in [3.05, 3.63) is 0 Å². The van der Waals surface area contributed by atoms with Gasteiger partial charge in [-0.25, -0.2) is 0 Å². The van der Waals surface area contributed by atoms with Crippen LogP contribution >= 0.6 is 0 Å². The van der Waals surface area contributed by atoms with Crippen molar-refractivity contribution in [2.75, 3.05) is 19.6 Å². The molecule has 0 bridgehead atoms. The largest absolute Gasteiger partial charge is 0.312 e. The fourth-order valence-corrected chi connectivity index (χ4v) is 3.56. The van der Waals surface area contributed by atoms with Crippen LogP contribution in [0, 0.1) is 5.92 Å². The Hall–Kier alpha value is -0.0800. The SMILES string of the molecule is CC(C)C1CN(C2CCCCCCC2)CCCN1. The van der Waals surface area contributed by atoms with Gasteiger partial charge in [0.2, 0.25) is 0 Å². The first-order chi connectivity index (χ1) is 8.77. The molecule has 0 aromatic carbocycles. The molecule has 1 heterocycles. The molecule has 1 N–H and O–H groups in total. The molecule has 2 aliphatic rings. The molecule has 2 heteroatoms. The molecule has 1 saturated carbocycles. The summed E-state index contributed by atoms with van der Waals surface area (Å²) in [6.07, 6.45) is 11.6. The van der Waals surface area contributed by atoms with E-state index in [0.29, 0.717) is 6.04 Å². The van der Waals surface area contributed by atoms with E-state index >= 15 is 0 Å². The summed E-state index contributed by atoms with van der Waals surface area (Å²) in [4.78, 5) is 2.82. The molecule has 0 radical (unpaired) electrons. The number of nitrogens with zero attached hydrogens (tertiary/aromatic N) is 1. The van der Waals surface area contributed by atoms with Crippen LogP contribution in [0.2, 0.25) is 0 Å². The van der Waals surface area contributed by atoms with Gasteiger partial charge in [0.15, 0.2) is 0 Å². The van der Waals surface area contributed by atoms with Crippen LogP contribution in [0.4, 0.5) is 0 Å². The van der Waals surface area contributed by atoms with Crippen LogP contribution in [-0.4, -0.2) is 36.6 Å². The van der Waals surface area contributed by atoms with Crippen LogP contribution in [0.3, 0.4) is 0 Å². The zero-order chi connectivity index (χ0) is 12.8. The van der Waals surface area contributed by atoms with Crippen LogP contribution in [0.1, 0.15) is 65.2 Å². The molecule has 106 valence electrons. The van der Waals surface area contributed by atoms with Crippen molar-refractivity contribution >= 4 is 0 Å². The minimum atomic E-state index is 0.706. The molecule has 1 unspecified atom stereocenters. The maximum atomic E-state index is 3.74. The van der Waals surface area contributed by atoms with Crippen LogP contribution in [-0.2, 0) is 0 Å². The van der Waals surface area contributed by atoms with Gasteiger partial charge in [-0.15, -0.1) is 0 Å². The van der Waals surface area contributed by atoms with E-state index in [1.54, 1.807) is 0 Å². The first-order valence-corrected chi connectivity index (χ1v) is 8.25. The van der Waals surface area contributed by atoms with Crippen LogP contribution < -0.4 is 5.32 Å². The van der Waals surface area contributed by atoms with Crippen molar-refractivity contribution in [3.8, 4) is 0 Å². The zero-order valence-corrected chi connectivity index (χ0v) is 12.5. The van der Waals surface area contributed by atoms with E-state index in [9.17, 15) is 0 Å². The van der Waals surface area contributed by atoms with Gasteiger partial charge in [-0.3, -0.25) is 4.90 Å². The Labute approximate surface area is 114 Å². The Morgan fingerprint density at radius 3 is 2.28 bits per heavy atom. The van der Waals surface area contributed by atoms with E-state index in [2.05, 4.69) is 24.1 Å². The van der Waals surface area contributed by atoms with E-state index in [-0.39, 0.29) is 0 Å². The highest BCUT2D eigenvalue weighted by atomic mass is 15.2. The summed E-state index contributed by atoms with van der Waals surface area (Å²) in [5.74, 6) is 0.763. The Kier molecular flexibility index (Phi) is 5.97. The molecule has 1 aliphatic heterocycles. The minimum absolute atomic E-state index is 0.706. The number of hydrogen-bond acceptors (Lipinski definition) is 2. The standard InChI is InChI=1S/C16H32N2/c1-14(2)16-13-18(12-8-11-17-16)15-9-6-4-3-5-7-10-15/h14-17H,3-13H2,1-2H3. The topological polar surface area (TPSA) is 15.3 Å². The van der Waals surface area contributed by atoms with Crippen molar-refractivity contribution in [3.63, 3.8) is 0 Å². The van der Waals surface area contributed by atoms with Gasteiger partial charge in [-0.1, -0.05) is 46.0 Å². The Morgan fingerprint density at radius 2 is 1.61 bits per heavy atom. The molecule has 0 amide bonds. The number of rotatable bonds is 2. The zero-order valence-electron chi connectivity index (χ0n) is 12.5. The second kappa shape index (κ2) is 7.49. The molecule has 1 atom stereocenters. The smallest absolute Gasteiger partial charge is 0.0218 e. The molecule has 2 nitrogen and oxygen atoms in total. The molecular weight excluding hydrogens is 220 g/mol. The molecule has 0 aromatic heterocycles. The fourth-order valence-electron chi connectivity index (χ4n) is 3.56. The molecule has 1 saturated heterocycles. The maximum Gasteiger partial charge on any atom is 0.0218 e. The van der Waals surface area contributed by atoms with Crippen molar-refractivity contribution in [1.29, 1.82) is 0 Å². The van der Waals surface area contributed by atoms with Crippen LogP contribution in [0.5, 0.6) is 0 Å². The van der Waals surface area contributed by atoms with E-state index in [4.69, 9.17) is 0 Å². The molecule has 18 heavy (non-hydrogen) atoms. The lowest BCUT2D eigenvalue weighted by molar-refractivity contribution is 0.154. The highest BCUT2D eigenvalue weighted by Crippen LogP contribution is 2.23. The van der Waals surface area contributed by atoms with Gasteiger partial charge in [-0.05, 0) is 38.3 Å². The van der Waals surface area contributed by atoms with Crippen molar-refractivity contribution in [2.24, 2.45) is 5.92 Å². The molecule has 0 aromatic rings. The first-order valence-electron chi connectivity index (χ1n) is 8.25. The molecular formula is C16H32N2. The van der Waals surface area contributed by atoms with E-state index in [1.807, 2.05) is 0 Å². The second-order valence-corrected chi connectivity index (χ2v) is 6.65. The minimum Gasteiger partial charge on any atom is -0.312 e. The van der Waals surface area contributed by atoms with Gasteiger partial charge < -0.3 is 5.32 Å². The second-order valence-electron chi connectivity index (χ2n) is 6.65. The molecule has 0 spiro atoms. The highest BCUT2D eigenvalue weighted by molar-refractivity contribution is 4.83. The lowest BCUT2D eigenvalue weighted by atomic mass is 9.94. The van der Waals surface area contributed by atoms with Crippen molar-refractivity contribution < 1.29 is 0 Å². The summed E-state index contributed by atoms with van der Waals surface area (Å²) in [5, 5.41) is 3.74. The summed E-state index contributed by atoms with van der Waals surface area (Å²) in [6.45, 7) is 8.54. The van der Waals surface area contributed by atoms with Gasteiger partial charge in [0.25, 0.3) is 0 Å². The third kappa shape index (κ3) is 4.24. The summed E-state index contributed by atoms with van der Waals surface area (Å²) in [6, 6.07) is 1.59. The molecule has 2 fully saturated rings. The predicted octanol–water partition coefficient (Wildman–Crippen LogP) is 3.42. The Bertz CT molecular complexity index is 219. The first kappa shape index (κ1) is 14.3. The summed E-state index contributed by atoms with van der Waals surface area (Å²) in [7, 11) is 0. The quantitative estimate of drug-likeness (QED) is 0.810. The molecule has 1 aliphatic carbocycles. The summed E-state index contributed by atoms with van der Waals surface area (Å²) < 4.78 is 0. The van der Waals surface area contributed by atoms with Crippen LogP contribution in [0.15, 0.2) is 0 Å².